The summed E-state index contributed by atoms with van der Waals surface area (Å²) in [6.45, 7) is 9.47. The summed E-state index contributed by atoms with van der Waals surface area (Å²) in [6, 6.07) is 1.83. The molecule has 0 aromatic heterocycles. The van der Waals surface area contributed by atoms with Gasteiger partial charge in [0.25, 0.3) is 0 Å². The van der Waals surface area contributed by atoms with Crippen LogP contribution in [0.5, 0.6) is 0 Å². The lowest BCUT2D eigenvalue weighted by Crippen LogP contribution is -2.44. The monoisotopic (exact) mass is 196 g/mol. The highest BCUT2D eigenvalue weighted by Crippen LogP contribution is 2.20. The first-order valence-corrected chi connectivity index (χ1v) is 4.88. The Hall–Kier alpha value is -1.04. The Bertz CT molecular complexity index is 245. The van der Waals surface area contributed by atoms with Gasteiger partial charge in [-0.15, -0.1) is 0 Å². The smallest absolute Gasteiger partial charge is 0.228 e. The van der Waals surface area contributed by atoms with Gasteiger partial charge in [0, 0.05) is 12.5 Å². The highest BCUT2D eigenvalue weighted by atomic mass is 16.2. The molecule has 0 aromatic carbocycles. The Morgan fingerprint density at radius 2 is 1.79 bits per heavy atom. The van der Waals surface area contributed by atoms with E-state index in [1.54, 1.807) is 11.9 Å². The van der Waals surface area contributed by atoms with E-state index in [0.717, 1.165) is 0 Å². The van der Waals surface area contributed by atoms with Gasteiger partial charge in [-0.3, -0.25) is 4.79 Å². The summed E-state index contributed by atoms with van der Waals surface area (Å²) in [7, 11) is 1.70. The van der Waals surface area contributed by atoms with Crippen molar-refractivity contribution in [2.24, 2.45) is 11.3 Å². The number of nitriles is 1. The van der Waals surface area contributed by atoms with Gasteiger partial charge in [-0.25, -0.2) is 0 Å². The molecule has 0 N–H and O–H groups in total. The maximum Gasteiger partial charge on any atom is 0.228 e. The zero-order valence-corrected chi connectivity index (χ0v) is 9.96. The second-order valence-electron chi connectivity index (χ2n) is 4.98. The second-order valence-corrected chi connectivity index (χ2v) is 4.98. The third-order valence-corrected chi connectivity index (χ3v) is 2.14. The van der Waals surface area contributed by atoms with Crippen LogP contribution in [0.3, 0.4) is 0 Å². The summed E-state index contributed by atoms with van der Waals surface area (Å²) in [4.78, 5) is 13.4. The highest BCUT2D eigenvalue weighted by molar-refractivity contribution is 5.81. The fraction of sp³-hybridized carbons (Fsp3) is 0.818. The van der Waals surface area contributed by atoms with E-state index in [0.29, 0.717) is 0 Å². The first kappa shape index (κ1) is 13.0. The molecule has 14 heavy (non-hydrogen) atoms. The fourth-order valence-corrected chi connectivity index (χ4v) is 1.34. The van der Waals surface area contributed by atoms with Crippen LogP contribution in [0.15, 0.2) is 0 Å². The Morgan fingerprint density at radius 3 is 2.00 bits per heavy atom. The number of nitrogens with zero attached hydrogens (tertiary/aromatic N) is 2. The molecule has 80 valence electrons. The number of hydrogen-bond donors (Lipinski definition) is 0. The van der Waals surface area contributed by atoms with Crippen molar-refractivity contribution in [3.8, 4) is 6.07 Å². The topological polar surface area (TPSA) is 44.1 Å². The maximum absolute atomic E-state index is 11.8. The first-order valence-electron chi connectivity index (χ1n) is 4.88. The lowest BCUT2D eigenvalue weighted by Gasteiger charge is -2.31. The molecule has 0 fully saturated rings. The number of rotatable bonds is 2. The van der Waals surface area contributed by atoms with E-state index in [2.05, 4.69) is 6.07 Å². The summed E-state index contributed by atoms with van der Waals surface area (Å²) in [6.07, 6.45) is 0. The third-order valence-electron chi connectivity index (χ3n) is 2.14. The van der Waals surface area contributed by atoms with Crippen LogP contribution in [0.25, 0.3) is 0 Å². The largest absolute Gasteiger partial charge is 0.329 e. The minimum Gasteiger partial charge on any atom is -0.329 e. The molecule has 0 spiro atoms. The van der Waals surface area contributed by atoms with Gasteiger partial charge in [0.15, 0.2) is 0 Å². The van der Waals surface area contributed by atoms with Gasteiger partial charge < -0.3 is 4.90 Å². The van der Waals surface area contributed by atoms with Gasteiger partial charge in [-0.05, 0) is 5.92 Å². The van der Waals surface area contributed by atoms with Crippen molar-refractivity contribution in [3.63, 3.8) is 0 Å². The average Bonchev–Trinajstić information content (AvgIpc) is 2.01. The van der Waals surface area contributed by atoms with Crippen LogP contribution in [0.1, 0.15) is 34.6 Å². The van der Waals surface area contributed by atoms with Crippen molar-refractivity contribution in [3.05, 3.63) is 0 Å². The van der Waals surface area contributed by atoms with E-state index in [-0.39, 0.29) is 17.9 Å². The number of carbonyl (C=O) groups is 1. The Labute approximate surface area is 86.7 Å². The van der Waals surface area contributed by atoms with E-state index < -0.39 is 5.41 Å². The molecule has 0 aliphatic carbocycles. The summed E-state index contributed by atoms with van der Waals surface area (Å²) in [5.41, 5.74) is -0.418. The Balaban J connectivity index is 4.70. The summed E-state index contributed by atoms with van der Waals surface area (Å²) < 4.78 is 0. The van der Waals surface area contributed by atoms with E-state index in [1.807, 2.05) is 34.6 Å². The molecule has 0 bridgehead atoms. The SMILES string of the molecule is CC(C)C(C#N)N(C)C(=O)C(C)(C)C. The molecule has 3 nitrogen and oxygen atoms in total. The van der Waals surface area contributed by atoms with Gasteiger partial charge in [0.1, 0.15) is 6.04 Å². The zero-order chi connectivity index (χ0) is 11.5. The first-order chi connectivity index (χ1) is 6.21. The van der Waals surface area contributed by atoms with Gasteiger partial charge >= 0.3 is 0 Å². The van der Waals surface area contributed by atoms with Crippen molar-refractivity contribution in [2.75, 3.05) is 7.05 Å². The van der Waals surface area contributed by atoms with Crippen LogP contribution in [-0.2, 0) is 4.79 Å². The van der Waals surface area contributed by atoms with Crippen molar-refractivity contribution in [2.45, 2.75) is 40.7 Å². The summed E-state index contributed by atoms with van der Waals surface area (Å²) in [5.74, 6) is 0.175. The molecule has 0 saturated carbocycles. The Kier molecular flexibility index (Phi) is 4.12. The van der Waals surface area contributed by atoms with Crippen molar-refractivity contribution in [1.82, 2.24) is 4.90 Å². The van der Waals surface area contributed by atoms with Gasteiger partial charge in [0.05, 0.1) is 6.07 Å². The van der Waals surface area contributed by atoms with Crippen LogP contribution in [0.4, 0.5) is 0 Å². The second kappa shape index (κ2) is 4.45. The Morgan fingerprint density at radius 1 is 1.36 bits per heavy atom. The van der Waals surface area contributed by atoms with Crippen LogP contribution >= 0.6 is 0 Å². The minimum absolute atomic E-state index is 0.0118. The molecule has 0 heterocycles. The normalized spacial score (nSPS) is 13.6. The van der Waals surface area contributed by atoms with E-state index in [4.69, 9.17) is 5.26 Å². The summed E-state index contributed by atoms with van der Waals surface area (Å²) >= 11 is 0. The van der Waals surface area contributed by atoms with Crippen molar-refractivity contribution < 1.29 is 4.79 Å². The molecule has 1 unspecified atom stereocenters. The molecular formula is C11H20N2O. The van der Waals surface area contributed by atoms with E-state index >= 15 is 0 Å². The molecule has 0 saturated heterocycles. The zero-order valence-electron chi connectivity index (χ0n) is 9.96. The fourth-order valence-electron chi connectivity index (χ4n) is 1.34. The lowest BCUT2D eigenvalue weighted by atomic mass is 9.93. The predicted molar refractivity (Wildman–Crippen MR) is 56.5 cm³/mol. The van der Waals surface area contributed by atoms with E-state index in [1.165, 1.54) is 0 Å². The quantitative estimate of drug-likeness (QED) is 0.678. The summed E-state index contributed by atoms with van der Waals surface area (Å²) in [5, 5.41) is 8.94. The van der Waals surface area contributed by atoms with Crippen LogP contribution in [0.2, 0.25) is 0 Å². The molecular weight excluding hydrogens is 176 g/mol. The van der Waals surface area contributed by atoms with E-state index in [9.17, 15) is 4.79 Å². The minimum atomic E-state index is -0.418. The van der Waals surface area contributed by atoms with Gasteiger partial charge in [-0.1, -0.05) is 34.6 Å². The molecule has 0 radical (unpaired) electrons. The lowest BCUT2D eigenvalue weighted by molar-refractivity contribution is -0.139. The van der Waals surface area contributed by atoms with Gasteiger partial charge in [-0.2, -0.15) is 5.26 Å². The number of hydrogen-bond acceptors (Lipinski definition) is 2. The third kappa shape index (κ3) is 3.02. The van der Waals surface area contributed by atoms with Crippen molar-refractivity contribution in [1.29, 1.82) is 5.26 Å². The van der Waals surface area contributed by atoms with Crippen LogP contribution in [-0.4, -0.2) is 23.9 Å². The van der Waals surface area contributed by atoms with Gasteiger partial charge in [0.2, 0.25) is 5.91 Å². The van der Waals surface area contributed by atoms with Crippen LogP contribution in [0, 0.1) is 22.7 Å². The average molecular weight is 196 g/mol. The number of carbonyl (C=O) groups excluding carboxylic acids is 1. The molecule has 0 aliphatic heterocycles. The predicted octanol–water partition coefficient (Wildman–Crippen LogP) is 2.04. The molecule has 0 aromatic rings. The maximum atomic E-state index is 11.8. The molecule has 1 atom stereocenters. The van der Waals surface area contributed by atoms with Crippen LogP contribution < -0.4 is 0 Å². The molecule has 1 amide bonds. The highest BCUT2D eigenvalue weighted by Gasteiger charge is 2.30. The molecule has 0 aliphatic rings. The standard InChI is InChI=1S/C11H20N2O/c1-8(2)9(7-12)13(6)10(14)11(3,4)5/h8-9H,1-6H3. The molecule has 3 heteroatoms. The number of amides is 1. The van der Waals surface area contributed by atoms with Crippen molar-refractivity contribution >= 4 is 5.91 Å². The molecule has 0 rings (SSSR count).